The van der Waals surface area contributed by atoms with Crippen LogP contribution in [0, 0.1) is 5.92 Å². The van der Waals surface area contributed by atoms with Crippen LogP contribution < -0.4 is 60.2 Å². The molecule has 0 aliphatic carbocycles. The van der Waals surface area contributed by atoms with Crippen LogP contribution in [0.2, 0.25) is 0 Å². The van der Waals surface area contributed by atoms with Gasteiger partial charge in [0.15, 0.2) is 0 Å². The normalized spacial score (nSPS) is 22.3. The predicted molar refractivity (Wildman–Crippen MR) is 250 cm³/mol. The summed E-state index contributed by atoms with van der Waals surface area (Å²) in [6.07, 6.45) is -2.65. The van der Waals surface area contributed by atoms with Crippen molar-refractivity contribution >= 4 is 77.6 Å². The van der Waals surface area contributed by atoms with Crippen LogP contribution in [0.4, 0.5) is 0 Å². The Bertz CT molecular complexity index is 2140. The zero-order valence-electron chi connectivity index (χ0n) is 40.2. The number of primary amides is 4. The second-order valence-electron chi connectivity index (χ2n) is 17.6. The highest BCUT2D eigenvalue weighted by molar-refractivity contribution is 5.98. The van der Waals surface area contributed by atoms with E-state index in [0.717, 1.165) is 11.9 Å². The van der Waals surface area contributed by atoms with Gasteiger partial charge in [0.2, 0.25) is 65.0 Å². The number of hydrogen-bond acceptors (Lipinski definition) is 16. The fourth-order valence-electron chi connectivity index (χ4n) is 7.73. The van der Waals surface area contributed by atoms with Gasteiger partial charge < -0.3 is 79.7 Å². The Labute approximate surface area is 409 Å². The molecule has 2 unspecified atom stereocenters. The van der Waals surface area contributed by atoms with Gasteiger partial charge in [-0.15, -0.1) is 0 Å². The van der Waals surface area contributed by atoms with Crippen molar-refractivity contribution in [2.75, 3.05) is 46.8 Å². The first-order chi connectivity index (χ1) is 33.3. The quantitative estimate of drug-likeness (QED) is 0.0481. The molecule has 1 saturated heterocycles. The molecule has 0 radical (unpaired) electrons. The van der Waals surface area contributed by atoms with Crippen LogP contribution in [0.25, 0.3) is 0 Å². The number of carbonyl (C=O) groups excluding carboxylic acids is 13. The van der Waals surface area contributed by atoms with Crippen LogP contribution in [-0.4, -0.2) is 175 Å². The first kappa shape index (κ1) is 59.6. The van der Waals surface area contributed by atoms with Crippen LogP contribution >= 0.6 is 0 Å². The van der Waals surface area contributed by atoms with Gasteiger partial charge in [0, 0.05) is 45.8 Å². The van der Waals surface area contributed by atoms with Gasteiger partial charge in [-0.2, -0.15) is 0 Å². The number of carbonyl (C=O) groups is 13. The van der Waals surface area contributed by atoms with E-state index in [0.29, 0.717) is 24.6 Å². The number of hydrogen-bond donors (Lipinski definition) is 12. The maximum absolute atomic E-state index is 14.3. The summed E-state index contributed by atoms with van der Waals surface area (Å²) >= 11 is 0. The summed E-state index contributed by atoms with van der Waals surface area (Å²) in [6.45, 7) is 0.794. The number of likely N-dealkylation sites (N-methyl/N-ethyl adjacent to an activating group) is 2. The number of nitrogens with two attached hydrogens (primary N) is 4. The number of benzene rings is 1. The van der Waals surface area contributed by atoms with Gasteiger partial charge in [0.05, 0.1) is 32.1 Å². The predicted octanol–water partition coefficient (Wildman–Crippen LogP) is -6.31. The van der Waals surface area contributed by atoms with E-state index in [-0.39, 0.29) is 25.1 Å². The summed E-state index contributed by atoms with van der Waals surface area (Å²) in [7, 11) is 2.61. The number of phenolic OH excluding ortho intramolecular Hbond substituents is 1. The number of phenols is 1. The largest absolute Gasteiger partial charge is 0.508 e. The van der Waals surface area contributed by atoms with Crippen molar-refractivity contribution in [1.29, 1.82) is 0 Å². The highest BCUT2D eigenvalue weighted by Gasteiger charge is 2.40. The lowest BCUT2D eigenvalue weighted by Crippen LogP contribution is -2.63. The van der Waals surface area contributed by atoms with Crippen molar-refractivity contribution in [3.8, 4) is 5.75 Å². The molecule has 1 fully saturated rings. The first-order valence-corrected chi connectivity index (χ1v) is 22.6. The van der Waals surface area contributed by atoms with E-state index in [4.69, 9.17) is 22.9 Å². The standard InChI is InChI=1S/C44H67N13O14/c1-5-25(2)38-41(70)51-28(10-12-31(45)61)39(68)53-30(16-33(47)63)40(69)52-29(42(71)56(3)20-37(67)55-43(23-58,15-14-32(46)62)21-49-18-34(48)64)11-13-35(65)50-19-36(66)54-44(24-59,22-57(38)4)17-26-6-8-27(60)9-7-26/h6-9,23-25,28-30,38,49,60H,5,10-22H2,1-4H3,(H2,45,61)(H2,46,62)(H2,47,63)(H2,48,64)(H,50,65)(H,51,70)(H,52,69)(H,53,68)(H,54,66)(H,55,67)/t25?,28-,29-,30-,38?,43+,44+/m0/s1. The molecule has 71 heavy (non-hydrogen) atoms. The molecule has 0 bridgehead atoms. The summed E-state index contributed by atoms with van der Waals surface area (Å²) < 4.78 is 0. The number of nitrogens with zero attached hydrogens (tertiary/aromatic N) is 2. The van der Waals surface area contributed by atoms with E-state index >= 15 is 0 Å². The second kappa shape index (κ2) is 28.2. The molecule has 0 spiro atoms. The molecule has 1 aromatic carbocycles. The van der Waals surface area contributed by atoms with Crippen molar-refractivity contribution < 1.29 is 67.4 Å². The average molecular weight is 1000 g/mol. The molecular weight excluding hydrogens is 935 g/mol. The van der Waals surface area contributed by atoms with Crippen molar-refractivity contribution in [1.82, 2.24) is 47.0 Å². The third-order valence-corrected chi connectivity index (χ3v) is 11.5. The van der Waals surface area contributed by atoms with Crippen molar-refractivity contribution in [3.05, 3.63) is 29.8 Å². The molecule has 0 aromatic heterocycles. The van der Waals surface area contributed by atoms with Gasteiger partial charge >= 0.3 is 0 Å². The molecule has 11 amide bonds. The Kier molecular flexibility index (Phi) is 23.7. The van der Waals surface area contributed by atoms with E-state index in [1.807, 2.05) is 0 Å². The molecule has 392 valence electrons. The molecule has 1 aliphatic rings. The minimum atomic E-state index is -1.85. The Morgan fingerprint density at radius 3 is 2.07 bits per heavy atom. The van der Waals surface area contributed by atoms with E-state index in [1.54, 1.807) is 13.8 Å². The van der Waals surface area contributed by atoms with Crippen LogP contribution in [0.1, 0.15) is 70.8 Å². The van der Waals surface area contributed by atoms with Gasteiger partial charge in [-0.1, -0.05) is 32.4 Å². The lowest BCUT2D eigenvalue weighted by Gasteiger charge is -2.39. The first-order valence-electron chi connectivity index (χ1n) is 22.6. The highest BCUT2D eigenvalue weighted by Crippen LogP contribution is 2.22. The monoisotopic (exact) mass is 1000 g/mol. The van der Waals surface area contributed by atoms with Crippen molar-refractivity contribution in [2.45, 2.75) is 107 Å². The van der Waals surface area contributed by atoms with E-state index in [9.17, 15) is 67.4 Å². The Morgan fingerprint density at radius 2 is 1.51 bits per heavy atom. The zero-order chi connectivity index (χ0) is 53.6. The fourth-order valence-corrected chi connectivity index (χ4v) is 7.73. The third kappa shape index (κ3) is 20.1. The molecule has 7 atom stereocenters. The summed E-state index contributed by atoms with van der Waals surface area (Å²) in [4.78, 5) is 172. The van der Waals surface area contributed by atoms with Crippen molar-refractivity contribution in [2.24, 2.45) is 28.9 Å². The fraction of sp³-hybridized carbons (Fsp3) is 0.568. The average Bonchev–Trinajstić information content (AvgIpc) is 3.29. The Hall–Kier alpha value is -7.55. The van der Waals surface area contributed by atoms with Gasteiger partial charge in [-0.25, -0.2) is 0 Å². The molecule has 1 heterocycles. The SMILES string of the molecule is CCC(C)C1C(=O)N[C@@H](CCC(N)=O)C(=O)N[C@@H](CC(N)=O)C(=O)N[C@H](C(=O)N(C)CC(=O)N[C@](C=O)(CCC(N)=O)CNCC(N)=O)CCC(=O)NCC(=O)N[C@](C=O)(Cc2ccc(O)cc2)CN1C. The molecule has 1 aromatic rings. The van der Waals surface area contributed by atoms with Crippen LogP contribution in [0.3, 0.4) is 0 Å². The van der Waals surface area contributed by atoms with E-state index < -0.39 is 171 Å². The number of amides is 11. The Morgan fingerprint density at radius 1 is 0.887 bits per heavy atom. The van der Waals surface area contributed by atoms with Gasteiger partial charge in [0.25, 0.3) is 0 Å². The van der Waals surface area contributed by atoms with Gasteiger partial charge in [-0.3, -0.25) is 57.6 Å². The minimum Gasteiger partial charge on any atom is -0.508 e. The summed E-state index contributed by atoms with van der Waals surface area (Å²) in [5.74, 6) is -11.0. The summed E-state index contributed by atoms with van der Waals surface area (Å²) in [5.41, 5.74) is 18.1. The van der Waals surface area contributed by atoms with Crippen LogP contribution in [-0.2, 0) is 68.7 Å². The minimum absolute atomic E-state index is 0.0821. The maximum atomic E-state index is 14.3. The van der Waals surface area contributed by atoms with Gasteiger partial charge in [0.1, 0.15) is 47.5 Å². The number of rotatable bonds is 22. The molecule has 2 rings (SSSR count). The molecule has 27 nitrogen and oxygen atoms in total. The van der Waals surface area contributed by atoms with Gasteiger partial charge in [-0.05, 0) is 49.9 Å². The number of aromatic hydroxyl groups is 1. The summed E-state index contributed by atoms with van der Waals surface area (Å²) in [6, 6.07) is -0.579. The molecule has 27 heteroatoms. The van der Waals surface area contributed by atoms with E-state index in [1.165, 1.54) is 36.2 Å². The summed E-state index contributed by atoms with van der Waals surface area (Å²) in [5, 5.41) is 27.2. The second-order valence-corrected chi connectivity index (χ2v) is 17.6. The molecular formula is C44H67N13O14. The molecule has 16 N–H and O–H groups in total. The highest BCUT2D eigenvalue weighted by atomic mass is 16.3. The maximum Gasteiger partial charge on any atom is 0.245 e. The molecule has 1 aliphatic heterocycles. The third-order valence-electron chi connectivity index (χ3n) is 11.5. The topological polar surface area (TPSA) is 437 Å². The van der Waals surface area contributed by atoms with E-state index in [2.05, 4.69) is 37.2 Å². The Balaban J connectivity index is 2.68. The van der Waals surface area contributed by atoms with Crippen LogP contribution in [0.5, 0.6) is 5.75 Å². The lowest BCUT2D eigenvalue weighted by molar-refractivity contribution is -0.140. The zero-order valence-corrected chi connectivity index (χ0v) is 40.2. The smallest absolute Gasteiger partial charge is 0.245 e. The molecule has 0 saturated carbocycles. The number of nitrogens with one attached hydrogen (secondary N) is 7. The lowest BCUT2D eigenvalue weighted by atomic mass is 9.89. The number of aldehydes is 2. The van der Waals surface area contributed by atoms with Crippen molar-refractivity contribution in [3.63, 3.8) is 0 Å². The van der Waals surface area contributed by atoms with Crippen LogP contribution in [0.15, 0.2) is 24.3 Å².